The molecule has 0 heterocycles. The Morgan fingerprint density at radius 1 is 1.00 bits per heavy atom. The van der Waals surface area contributed by atoms with E-state index in [0.717, 1.165) is 12.8 Å². The van der Waals surface area contributed by atoms with E-state index in [1.807, 2.05) is 6.92 Å². The molecule has 1 atom stereocenters. The topological polar surface area (TPSA) is 72.8 Å². The van der Waals surface area contributed by atoms with E-state index in [-0.39, 0.29) is 17.4 Å². The minimum Gasteiger partial charge on any atom is -0.491 e. The van der Waals surface area contributed by atoms with Gasteiger partial charge in [0.15, 0.2) is 0 Å². The Morgan fingerprint density at radius 3 is 2.37 bits per heavy atom. The van der Waals surface area contributed by atoms with Gasteiger partial charge in [-0.15, -0.1) is 0 Å². The number of esters is 1. The summed E-state index contributed by atoms with van der Waals surface area (Å²) in [5.74, 6) is -1.03. The molecular weight excluding hydrogens is 344 g/mol. The van der Waals surface area contributed by atoms with Crippen LogP contribution in [0.3, 0.4) is 0 Å². The fourth-order valence-electron chi connectivity index (χ4n) is 2.71. The molecule has 2 rings (SSSR count). The van der Waals surface area contributed by atoms with Crippen molar-refractivity contribution in [3.8, 4) is 11.5 Å². The van der Waals surface area contributed by atoms with Gasteiger partial charge in [-0.3, -0.25) is 0 Å². The first-order chi connectivity index (χ1) is 13.0. The lowest BCUT2D eigenvalue weighted by Gasteiger charge is -2.15. The van der Waals surface area contributed by atoms with E-state index < -0.39 is 11.9 Å². The van der Waals surface area contributed by atoms with Gasteiger partial charge < -0.3 is 14.6 Å². The number of carbonyl (C=O) groups excluding carboxylic acids is 1. The van der Waals surface area contributed by atoms with Crippen LogP contribution in [-0.2, 0) is 0 Å². The van der Waals surface area contributed by atoms with E-state index in [4.69, 9.17) is 14.6 Å². The summed E-state index contributed by atoms with van der Waals surface area (Å²) in [6.45, 7) is 4.23. The van der Waals surface area contributed by atoms with Gasteiger partial charge in [-0.25, -0.2) is 9.59 Å². The molecule has 0 bridgehead atoms. The fourth-order valence-corrected chi connectivity index (χ4v) is 2.71. The highest BCUT2D eigenvalue weighted by atomic mass is 16.5. The van der Waals surface area contributed by atoms with E-state index in [2.05, 4.69) is 6.92 Å². The van der Waals surface area contributed by atoms with Gasteiger partial charge >= 0.3 is 11.9 Å². The summed E-state index contributed by atoms with van der Waals surface area (Å²) in [4.78, 5) is 23.5. The minimum absolute atomic E-state index is 0.0241. The summed E-state index contributed by atoms with van der Waals surface area (Å²) < 4.78 is 11.1. The predicted octanol–water partition coefficient (Wildman–Crippen LogP) is 5.34. The van der Waals surface area contributed by atoms with Crippen molar-refractivity contribution in [2.75, 3.05) is 0 Å². The number of para-hydroxylation sites is 1. The van der Waals surface area contributed by atoms with Crippen LogP contribution in [0.5, 0.6) is 11.5 Å². The molecule has 0 aliphatic rings. The lowest BCUT2D eigenvalue weighted by molar-refractivity contribution is 0.0681. The molecule has 0 amide bonds. The first-order valence-corrected chi connectivity index (χ1v) is 9.32. The molecule has 1 N–H and O–H groups in total. The van der Waals surface area contributed by atoms with Gasteiger partial charge in [0, 0.05) is 0 Å². The van der Waals surface area contributed by atoms with Crippen molar-refractivity contribution in [3.63, 3.8) is 0 Å². The zero-order chi connectivity index (χ0) is 19.6. The van der Waals surface area contributed by atoms with Crippen molar-refractivity contribution in [1.82, 2.24) is 0 Å². The van der Waals surface area contributed by atoms with Crippen LogP contribution < -0.4 is 9.47 Å². The third-order valence-electron chi connectivity index (χ3n) is 4.21. The van der Waals surface area contributed by atoms with Crippen LogP contribution in [0.25, 0.3) is 0 Å². The first-order valence-electron chi connectivity index (χ1n) is 9.32. The Balaban J connectivity index is 1.93. The molecule has 0 aliphatic heterocycles. The van der Waals surface area contributed by atoms with Gasteiger partial charge in [-0.1, -0.05) is 38.3 Å². The Labute approximate surface area is 159 Å². The molecule has 27 heavy (non-hydrogen) atoms. The molecule has 0 spiro atoms. The molecule has 5 heteroatoms. The summed E-state index contributed by atoms with van der Waals surface area (Å²) in [5, 5.41) is 9.15. The fraction of sp³-hybridized carbons (Fsp3) is 0.364. The Morgan fingerprint density at radius 2 is 1.70 bits per heavy atom. The number of carboxylic acids is 1. The summed E-state index contributed by atoms with van der Waals surface area (Å²) in [6, 6.07) is 12.7. The largest absolute Gasteiger partial charge is 0.491 e. The van der Waals surface area contributed by atoms with Gasteiger partial charge in [0.05, 0.1) is 11.7 Å². The third-order valence-corrected chi connectivity index (χ3v) is 4.21. The number of ether oxygens (including phenoxy) is 2. The lowest BCUT2D eigenvalue weighted by atomic mass is 10.1. The number of rotatable bonds is 10. The van der Waals surface area contributed by atoms with Crippen molar-refractivity contribution >= 4 is 11.9 Å². The summed E-state index contributed by atoms with van der Waals surface area (Å²) in [6.07, 6.45) is 5.92. The number of unbranched alkanes of at least 4 members (excludes halogenated alkanes) is 3. The number of aromatic carboxylic acids is 1. The maximum Gasteiger partial charge on any atom is 0.343 e. The Kier molecular flexibility index (Phi) is 7.86. The highest BCUT2D eigenvalue weighted by Gasteiger charge is 2.15. The second kappa shape index (κ2) is 10.4. The number of hydrogen-bond acceptors (Lipinski definition) is 4. The molecule has 0 aromatic heterocycles. The zero-order valence-electron chi connectivity index (χ0n) is 15.8. The monoisotopic (exact) mass is 370 g/mol. The van der Waals surface area contributed by atoms with E-state index in [9.17, 15) is 9.59 Å². The highest BCUT2D eigenvalue weighted by Crippen LogP contribution is 2.21. The van der Waals surface area contributed by atoms with Crippen molar-refractivity contribution in [1.29, 1.82) is 0 Å². The number of carboxylic acid groups (broad SMARTS) is 1. The van der Waals surface area contributed by atoms with E-state index in [1.54, 1.807) is 36.4 Å². The van der Waals surface area contributed by atoms with Crippen LogP contribution in [0.15, 0.2) is 48.5 Å². The Hall–Kier alpha value is -2.82. The molecule has 0 radical (unpaired) electrons. The maximum absolute atomic E-state index is 12.3. The van der Waals surface area contributed by atoms with E-state index >= 15 is 0 Å². The average molecular weight is 370 g/mol. The quantitative estimate of drug-likeness (QED) is 0.347. The molecular formula is C22H26O5. The maximum atomic E-state index is 12.3. The second-order valence-electron chi connectivity index (χ2n) is 6.49. The van der Waals surface area contributed by atoms with Gasteiger partial charge in [-0.2, -0.15) is 0 Å². The first kappa shape index (κ1) is 20.5. The number of hydrogen-bond donors (Lipinski definition) is 1. The molecule has 0 saturated heterocycles. The minimum atomic E-state index is -1.14. The zero-order valence-corrected chi connectivity index (χ0v) is 15.8. The lowest BCUT2D eigenvalue weighted by Crippen LogP contribution is -2.13. The van der Waals surface area contributed by atoms with Crippen LogP contribution in [0.2, 0.25) is 0 Å². The smallest absolute Gasteiger partial charge is 0.343 e. The summed E-state index contributed by atoms with van der Waals surface area (Å²) in [7, 11) is 0. The molecule has 0 aliphatic carbocycles. The third kappa shape index (κ3) is 6.44. The van der Waals surface area contributed by atoms with E-state index in [1.165, 1.54) is 31.4 Å². The molecule has 0 saturated carbocycles. The molecule has 0 unspecified atom stereocenters. The molecule has 2 aromatic carbocycles. The van der Waals surface area contributed by atoms with Gasteiger partial charge in [0.2, 0.25) is 0 Å². The normalized spacial score (nSPS) is 11.6. The number of carbonyl (C=O) groups is 2. The standard InChI is InChI=1S/C22H26O5/c1-3-4-5-6-9-16(2)26-18-14-12-17(13-15-18)22(25)27-20-11-8-7-10-19(20)21(23)24/h7-8,10-16H,3-6,9H2,1-2H3,(H,23,24)/t16-/m1/s1. The number of benzene rings is 2. The molecule has 2 aromatic rings. The Bertz CT molecular complexity index is 752. The summed E-state index contributed by atoms with van der Waals surface area (Å²) in [5.41, 5.74) is 0.279. The SMILES string of the molecule is CCCCCC[C@@H](C)Oc1ccc(C(=O)Oc2ccccc2C(=O)O)cc1. The van der Waals surface area contributed by atoms with Crippen LogP contribution in [0, 0.1) is 0 Å². The molecule has 144 valence electrons. The summed E-state index contributed by atoms with van der Waals surface area (Å²) >= 11 is 0. The van der Waals surface area contributed by atoms with Crippen LogP contribution in [0.4, 0.5) is 0 Å². The van der Waals surface area contributed by atoms with Crippen molar-refractivity contribution in [3.05, 3.63) is 59.7 Å². The van der Waals surface area contributed by atoms with Gasteiger partial charge in [-0.05, 0) is 56.2 Å². The van der Waals surface area contributed by atoms with Crippen LogP contribution >= 0.6 is 0 Å². The van der Waals surface area contributed by atoms with Crippen molar-refractivity contribution in [2.24, 2.45) is 0 Å². The van der Waals surface area contributed by atoms with E-state index in [0.29, 0.717) is 11.3 Å². The van der Waals surface area contributed by atoms with Crippen molar-refractivity contribution in [2.45, 2.75) is 52.1 Å². The molecule has 0 fully saturated rings. The average Bonchev–Trinajstić information content (AvgIpc) is 2.66. The van der Waals surface area contributed by atoms with Crippen LogP contribution in [0.1, 0.15) is 66.7 Å². The highest BCUT2D eigenvalue weighted by molar-refractivity contribution is 5.95. The van der Waals surface area contributed by atoms with Gasteiger partial charge in [0.1, 0.15) is 17.1 Å². The van der Waals surface area contributed by atoms with Gasteiger partial charge in [0.25, 0.3) is 0 Å². The van der Waals surface area contributed by atoms with Crippen molar-refractivity contribution < 1.29 is 24.2 Å². The predicted molar refractivity (Wildman–Crippen MR) is 104 cm³/mol. The van der Waals surface area contributed by atoms with Crippen LogP contribution in [-0.4, -0.2) is 23.1 Å². The molecule has 5 nitrogen and oxygen atoms in total. The second-order valence-corrected chi connectivity index (χ2v) is 6.49.